The lowest BCUT2D eigenvalue weighted by Gasteiger charge is -2.05. The number of nitrogens with two attached hydrogens (primary N) is 1. The van der Waals surface area contributed by atoms with E-state index in [-0.39, 0.29) is 24.3 Å². The quantitative estimate of drug-likeness (QED) is 0.475. The van der Waals surface area contributed by atoms with Crippen LogP contribution in [0.5, 0.6) is 11.5 Å². The van der Waals surface area contributed by atoms with E-state index in [9.17, 15) is 19.5 Å². The van der Waals surface area contributed by atoms with E-state index in [0.717, 1.165) is 5.56 Å². The molecule has 0 aliphatic carbocycles. The van der Waals surface area contributed by atoms with Crippen LogP contribution in [0.2, 0.25) is 0 Å². The van der Waals surface area contributed by atoms with Crippen LogP contribution < -0.4 is 5.73 Å². The van der Waals surface area contributed by atoms with Gasteiger partial charge in [-0.2, -0.15) is 0 Å². The number of aromatic hydroxyl groups is 2. The zero-order valence-electron chi connectivity index (χ0n) is 13.7. The molecule has 0 fully saturated rings. The molecular formula is C18H19NO7. The summed E-state index contributed by atoms with van der Waals surface area (Å²) in [6.45, 7) is 0. The van der Waals surface area contributed by atoms with Crippen LogP contribution in [-0.2, 0) is 27.2 Å². The first kappa shape index (κ1) is 20.7. The minimum atomic E-state index is -1.48. The number of hydrogen-bond acceptors (Lipinski definition) is 6. The molecule has 0 spiro atoms. The van der Waals surface area contributed by atoms with E-state index in [4.69, 9.17) is 21.1 Å². The minimum Gasteiger partial charge on any atom is -0.508 e. The van der Waals surface area contributed by atoms with Crippen molar-refractivity contribution in [3.63, 3.8) is 0 Å². The predicted molar refractivity (Wildman–Crippen MR) is 91.9 cm³/mol. The second-order valence-electron chi connectivity index (χ2n) is 5.35. The molecule has 0 heterocycles. The first-order valence-electron chi connectivity index (χ1n) is 7.50. The highest BCUT2D eigenvalue weighted by Gasteiger charge is 2.13. The van der Waals surface area contributed by atoms with Gasteiger partial charge >= 0.3 is 11.9 Å². The van der Waals surface area contributed by atoms with Crippen molar-refractivity contribution in [3.05, 3.63) is 59.7 Å². The molecule has 6 N–H and O–H groups in total. The van der Waals surface area contributed by atoms with Crippen LogP contribution in [-0.4, -0.2) is 44.2 Å². The van der Waals surface area contributed by atoms with E-state index in [1.165, 1.54) is 24.3 Å². The Morgan fingerprint density at radius 3 is 2.00 bits per heavy atom. The molecule has 8 heteroatoms. The maximum atomic E-state index is 10.8. The van der Waals surface area contributed by atoms with E-state index in [0.29, 0.717) is 5.56 Å². The number of Topliss-reactive ketones (excluding diaryl/α,β-unsaturated/α-hetero) is 1. The summed E-state index contributed by atoms with van der Waals surface area (Å²) in [5.74, 6) is -3.33. The zero-order valence-corrected chi connectivity index (χ0v) is 13.7. The Balaban J connectivity index is 0.000000260. The summed E-state index contributed by atoms with van der Waals surface area (Å²) in [5, 5.41) is 35.0. The van der Waals surface area contributed by atoms with Gasteiger partial charge in [0, 0.05) is 12.0 Å². The molecule has 26 heavy (non-hydrogen) atoms. The molecule has 0 aromatic heterocycles. The van der Waals surface area contributed by atoms with E-state index in [1.807, 2.05) is 0 Å². The van der Waals surface area contributed by atoms with Gasteiger partial charge in [-0.25, -0.2) is 4.79 Å². The number of rotatable bonds is 6. The largest absolute Gasteiger partial charge is 0.508 e. The number of carbonyl (C=O) groups is 3. The molecule has 2 aromatic carbocycles. The van der Waals surface area contributed by atoms with Crippen molar-refractivity contribution >= 4 is 17.7 Å². The number of phenolic OH excluding ortho intramolecular Hbond substituents is 2. The van der Waals surface area contributed by atoms with Gasteiger partial charge in [0.15, 0.2) is 0 Å². The minimum absolute atomic E-state index is 0.0582. The normalized spacial score (nSPS) is 11.0. The van der Waals surface area contributed by atoms with Crippen LogP contribution >= 0.6 is 0 Å². The average molecular weight is 361 g/mol. The third-order valence-corrected chi connectivity index (χ3v) is 3.29. The van der Waals surface area contributed by atoms with Crippen LogP contribution in [0.3, 0.4) is 0 Å². The van der Waals surface area contributed by atoms with Crippen molar-refractivity contribution in [1.82, 2.24) is 0 Å². The number of aliphatic carboxylic acids is 2. The average Bonchev–Trinajstić information content (AvgIpc) is 2.59. The molecule has 0 amide bonds. The summed E-state index contributed by atoms with van der Waals surface area (Å²) in [6.07, 6.45) is -0.00236. The van der Waals surface area contributed by atoms with Crippen molar-refractivity contribution in [3.8, 4) is 11.5 Å². The third-order valence-electron chi connectivity index (χ3n) is 3.29. The second-order valence-corrected chi connectivity index (χ2v) is 5.35. The van der Waals surface area contributed by atoms with Gasteiger partial charge in [-0.1, -0.05) is 30.3 Å². The summed E-state index contributed by atoms with van der Waals surface area (Å²) in [4.78, 5) is 31.3. The van der Waals surface area contributed by atoms with Gasteiger partial charge < -0.3 is 26.2 Å². The number of carboxylic acids is 2. The van der Waals surface area contributed by atoms with Gasteiger partial charge in [0.05, 0.1) is 0 Å². The Hall–Kier alpha value is -3.39. The molecule has 0 saturated carbocycles. The van der Waals surface area contributed by atoms with Crippen molar-refractivity contribution in [2.45, 2.75) is 18.9 Å². The summed E-state index contributed by atoms with van der Waals surface area (Å²) in [6, 6.07) is 11.6. The summed E-state index contributed by atoms with van der Waals surface area (Å²) in [5.41, 5.74) is 6.45. The summed E-state index contributed by atoms with van der Waals surface area (Å²) >= 11 is 0. The second kappa shape index (κ2) is 9.80. The molecule has 0 aliphatic rings. The molecule has 2 rings (SSSR count). The Kier molecular flexibility index (Phi) is 7.78. The highest BCUT2D eigenvalue weighted by atomic mass is 16.4. The molecular weight excluding hydrogens is 342 g/mol. The standard InChI is InChI=1S/C9H11NO3.C9H8O4/c10-8(9(12)13)5-6-1-3-7(11)4-2-6;10-7-4-2-1-3-6(7)5-8(11)9(12)13/h1-4,8,11H,5,10H2,(H,12,13);1-4,10H,5H2,(H,12,13). The van der Waals surface area contributed by atoms with E-state index in [1.54, 1.807) is 24.3 Å². The van der Waals surface area contributed by atoms with E-state index >= 15 is 0 Å². The number of phenols is 2. The number of ketones is 1. The van der Waals surface area contributed by atoms with Gasteiger partial charge in [0.1, 0.15) is 17.5 Å². The van der Waals surface area contributed by atoms with Gasteiger partial charge in [-0.05, 0) is 30.2 Å². The maximum Gasteiger partial charge on any atom is 0.372 e. The topological polar surface area (TPSA) is 158 Å². The molecule has 1 unspecified atom stereocenters. The SMILES string of the molecule is NC(Cc1ccc(O)cc1)C(=O)O.O=C(O)C(=O)Cc1ccccc1O. The van der Waals surface area contributed by atoms with Crippen LogP contribution in [0.15, 0.2) is 48.5 Å². The fourth-order valence-corrected chi connectivity index (χ4v) is 1.88. The molecule has 2 aromatic rings. The molecule has 138 valence electrons. The van der Waals surface area contributed by atoms with Gasteiger partial charge in [0.25, 0.3) is 0 Å². The Labute approximate surface area is 149 Å². The lowest BCUT2D eigenvalue weighted by atomic mass is 10.1. The van der Waals surface area contributed by atoms with Gasteiger partial charge in [-0.15, -0.1) is 0 Å². The summed E-state index contributed by atoms with van der Waals surface area (Å²) < 4.78 is 0. The number of benzene rings is 2. The fourth-order valence-electron chi connectivity index (χ4n) is 1.88. The first-order chi connectivity index (χ1) is 12.2. The fraction of sp³-hybridized carbons (Fsp3) is 0.167. The third kappa shape index (κ3) is 7.02. The van der Waals surface area contributed by atoms with Crippen LogP contribution in [0, 0.1) is 0 Å². The monoisotopic (exact) mass is 361 g/mol. The van der Waals surface area contributed by atoms with Crippen molar-refractivity contribution in [1.29, 1.82) is 0 Å². The molecule has 0 radical (unpaired) electrons. The Morgan fingerprint density at radius 2 is 1.50 bits per heavy atom. The Bertz CT molecular complexity index is 771. The lowest BCUT2D eigenvalue weighted by Crippen LogP contribution is -2.32. The molecule has 0 saturated heterocycles. The number of carbonyl (C=O) groups excluding carboxylic acids is 1. The summed E-state index contributed by atoms with van der Waals surface area (Å²) in [7, 11) is 0. The van der Waals surface area contributed by atoms with Gasteiger partial charge in [0.2, 0.25) is 5.78 Å². The highest BCUT2D eigenvalue weighted by Crippen LogP contribution is 2.16. The van der Waals surface area contributed by atoms with Crippen molar-refractivity contribution in [2.24, 2.45) is 5.73 Å². The van der Waals surface area contributed by atoms with Crippen molar-refractivity contribution in [2.75, 3.05) is 0 Å². The van der Waals surface area contributed by atoms with E-state index < -0.39 is 23.8 Å². The number of hydrogen-bond donors (Lipinski definition) is 5. The number of carboxylic acid groups (broad SMARTS) is 2. The molecule has 1 atom stereocenters. The molecule has 0 bridgehead atoms. The maximum absolute atomic E-state index is 10.8. The van der Waals surface area contributed by atoms with Gasteiger partial charge in [-0.3, -0.25) is 9.59 Å². The Morgan fingerprint density at radius 1 is 0.923 bits per heavy atom. The lowest BCUT2D eigenvalue weighted by molar-refractivity contribution is -0.148. The van der Waals surface area contributed by atoms with Crippen LogP contribution in [0.1, 0.15) is 11.1 Å². The predicted octanol–water partition coefficient (Wildman–Crippen LogP) is 0.935. The van der Waals surface area contributed by atoms with Crippen molar-refractivity contribution < 1.29 is 34.8 Å². The van der Waals surface area contributed by atoms with E-state index in [2.05, 4.69) is 0 Å². The molecule has 0 aliphatic heterocycles. The van der Waals surface area contributed by atoms with Crippen LogP contribution in [0.25, 0.3) is 0 Å². The smallest absolute Gasteiger partial charge is 0.372 e. The highest BCUT2D eigenvalue weighted by molar-refractivity contribution is 6.33. The first-order valence-corrected chi connectivity index (χ1v) is 7.50. The molecule has 8 nitrogen and oxygen atoms in total. The van der Waals surface area contributed by atoms with Crippen LogP contribution in [0.4, 0.5) is 0 Å². The number of para-hydroxylation sites is 1. The zero-order chi connectivity index (χ0) is 19.7.